The molecule has 2 saturated carbocycles. The van der Waals surface area contributed by atoms with E-state index in [-0.39, 0.29) is 31.5 Å². The van der Waals surface area contributed by atoms with Crippen LogP contribution in [0.5, 0.6) is 0 Å². The molecule has 1 aliphatic heterocycles. The summed E-state index contributed by atoms with van der Waals surface area (Å²) in [6.45, 7) is 0.154. The number of carbonyl (C=O) groups excluding carboxylic acids is 1. The lowest BCUT2D eigenvalue weighted by Crippen LogP contribution is -2.45. The van der Waals surface area contributed by atoms with Crippen molar-refractivity contribution in [3.63, 3.8) is 0 Å². The van der Waals surface area contributed by atoms with Crippen molar-refractivity contribution in [2.75, 3.05) is 29.9 Å². The average molecular weight is 423 g/mol. The maximum absolute atomic E-state index is 14.5. The van der Waals surface area contributed by atoms with Crippen LogP contribution in [0.2, 0.25) is 0 Å². The summed E-state index contributed by atoms with van der Waals surface area (Å²) in [5.41, 5.74) is -0.951. The van der Waals surface area contributed by atoms with Crippen LogP contribution in [0.4, 0.5) is 30.6 Å². The van der Waals surface area contributed by atoms with E-state index in [9.17, 15) is 23.1 Å². The molecule has 160 valence electrons. The minimum absolute atomic E-state index is 0.0155. The third-order valence-electron chi connectivity index (χ3n) is 6.28. The number of anilines is 3. The fourth-order valence-electron chi connectivity index (χ4n) is 4.41. The number of rotatable bonds is 6. The van der Waals surface area contributed by atoms with Crippen molar-refractivity contribution in [2.45, 2.75) is 24.3 Å². The summed E-state index contributed by atoms with van der Waals surface area (Å²) in [5, 5.41) is 19.6. The van der Waals surface area contributed by atoms with Gasteiger partial charge in [-0.2, -0.15) is 10.1 Å². The van der Waals surface area contributed by atoms with Gasteiger partial charge in [0.2, 0.25) is 11.9 Å². The number of nitrogens with zero attached hydrogens (tertiary/aromatic N) is 5. The first kappa shape index (κ1) is 19.1. The molecule has 2 aliphatic carbocycles. The summed E-state index contributed by atoms with van der Waals surface area (Å²) in [4.78, 5) is 22.0. The molecule has 9 nitrogen and oxygen atoms in total. The number of halogens is 3. The minimum atomic E-state index is -2.97. The molecule has 0 aromatic carbocycles. The summed E-state index contributed by atoms with van der Waals surface area (Å²) >= 11 is 0. The zero-order valence-corrected chi connectivity index (χ0v) is 16.1. The van der Waals surface area contributed by atoms with Crippen LogP contribution < -0.4 is 15.5 Å². The Morgan fingerprint density at radius 2 is 2.13 bits per heavy atom. The number of piperidine rings is 1. The van der Waals surface area contributed by atoms with Gasteiger partial charge in [-0.3, -0.25) is 9.48 Å². The van der Waals surface area contributed by atoms with Gasteiger partial charge in [0.1, 0.15) is 5.92 Å². The monoisotopic (exact) mass is 423 g/mol. The molecule has 2 aromatic heterocycles. The molecule has 0 spiro atoms. The Morgan fingerprint density at radius 1 is 1.37 bits per heavy atom. The van der Waals surface area contributed by atoms with Crippen LogP contribution in [-0.2, 0) is 11.8 Å². The first-order valence-corrected chi connectivity index (χ1v) is 9.51. The highest BCUT2D eigenvalue weighted by atomic mass is 19.3. The number of fused-ring (bicyclic) bond motifs is 1. The van der Waals surface area contributed by atoms with Crippen molar-refractivity contribution in [3.05, 3.63) is 24.4 Å². The van der Waals surface area contributed by atoms with Gasteiger partial charge in [-0.1, -0.05) is 0 Å². The lowest BCUT2D eigenvalue weighted by atomic mass is 10.0. The summed E-state index contributed by atoms with van der Waals surface area (Å²) in [7, 11) is 1.75. The maximum Gasteiger partial charge on any atom is 0.260 e. The number of hydrogen-bond acceptors (Lipinski definition) is 7. The Labute approximate surface area is 169 Å². The molecule has 3 atom stereocenters. The lowest BCUT2D eigenvalue weighted by molar-refractivity contribution is -0.125. The first-order valence-electron chi connectivity index (χ1n) is 9.51. The highest BCUT2D eigenvalue weighted by molar-refractivity contribution is 5.84. The number of hydrogen-bond donors (Lipinski definition) is 3. The first-order chi connectivity index (χ1) is 14.2. The van der Waals surface area contributed by atoms with E-state index in [1.165, 1.54) is 0 Å². The van der Waals surface area contributed by atoms with Crippen molar-refractivity contribution in [3.8, 4) is 0 Å². The second-order valence-electron chi connectivity index (χ2n) is 8.45. The van der Waals surface area contributed by atoms with Crippen LogP contribution in [0.25, 0.3) is 0 Å². The van der Waals surface area contributed by atoms with Crippen LogP contribution in [0, 0.1) is 17.2 Å². The number of carbonyl (C=O) groups is 1. The molecular formula is C18H20F3N7O2. The standard InChI is InChI=1S/C18H20F3N7O2/c1-27-5-10(3-23-27)24-15-22-4-12(19)13(25-15)28-7-16(9-29)6-17(16,8-28)26-14(30)11-2-18(11,20)21/h3-5,11,29H,2,6-9H2,1H3,(H,26,30)(H,22,24,25)/t11-,16+,17-/m0/s1. The van der Waals surface area contributed by atoms with Gasteiger partial charge in [0.05, 0.1) is 30.2 Å². The lowest BCUT2D eigenvalue weighted by Gasteiger charge is -2.23. The van der Waals surface area contributed by atoms with Crippen LogP contribution in [0.1, 0.15) is 12.8 Å². The van der Waals surface area contributed by atoms with Crippen molar-refractivity contribution < 1.29 is 23.1 Å². The third kappa shape index (κ3) is 2.89. The largest absolute Gasteiger partial charge is 0.396 e. The van der Waals surface area contributed by atoms with E-state index in [0.29, 0.717) is 12.1 Å². The predicted molar refractivity (Wildman–Crippen MR) is 98.8 cm³/mol. The Morgan fingerprint density at radius 3 is 2.77 bits per heavy atom. The number of nitrogens with one attached hydrogen (secondary N) is 2. The molecule has 5 rings (SSSR count). The Kier molecular flexibility index (Phi) is 3.86. The second kappa shape index (κ2) is 6.06. The summed E-state index contributed by atoms with van der Waals surface area (Å²) in [5.74, 6) is -5.50. The molecule has 3 heterocycles. The van der Waals surface area contributed by atoms with Gasteiger partial charge >= 0.3 is 0 Å². The maximum atomic E-state index is 14.5. The number of aryl methyl sites for hydroxylation is 1. The molecule has 12 heteroatoms. The smallest absolute Gasteiger partial charge is 0.260 e. The topological polar surface area (TPSA) is 108 Å². The van der Waals surface area contributed by atoms with E-state index in [1.807, 2.05) is 0 Å². The number of alkyl halides is 2. The van der Waals surface area contributed by atoms with Gasteiger partial charge in [-0.05, 0) is 6.42 Å². The van der Waals surface area contributed by atoms with Crippen LogP contribution in [-0.4, -0.2) is 61.9 Å². The van der Waals surface area contributed by atoms with Gasteiger partial charge in [0, 0.05) is 38.2 Å². The van der Waals surface area contributed by atoms with E-state index < -0.39 is 40.9 Å². The van der Waals surface area contributed by atoms with Gasteiger partial charge in [-0.25, -0.2) is 18.2 Å². The Bertz CT molecular complexity index is 1030. The SMILES string of the molecule is Cn1cc(Nc2ncc(F)c(N3C[C@@]4(CO)C[C@]4(NC(=O)[C@@H]4CC4(F)F)C3)n2)cn1. The van der Waals surface area contributed by atoms with Crippen molar-refractivity contribution in [1.29, 1.82) is 0 Å². The summed E-state index contributed by atoms with van der Waals surface area (Å²) in [6, 6.07) is 0. The van der Waals surface area contributed by atoms with Gasteiger partial charge in [-0.15, -0.1) is 0 Å². The summed E-state index contributed by atoms with van der Waals surface area (Å²) < 4.78 is 42.6. The fourth-order valence-corrected chi connectivity index (χ4v) is 4.41. The van der Waals surface area contributed by atoms with Crippen LogP contribution in [0.3, 0.4) is 0 Å². The molecule has 1 amide bonds. The van der Waals surface area contributed by atoms with Gasteiger partial charge < -0.3 is 20.6 Å². The van der Waals surface area contributed by atoms with Crippen LogP contribution in [0.15, 0.2) is 18.6 Å². The molecular weight excluding hydrogens is 403 g/mol. The highest BCUT2D eigenvalue weighted by Gasteiger charge is 2.74. The normalized spacial score (nSPS) is 30.7. The molecule has 0 radical (unpaired) electrons. The minimum Gasteiger partial charge on any atom is -0.396 e. The molecule has 0 unspecified atom stereocenters. The fraction of sp³-hybridized carbons (Fsp3) is 0.556. The zero-order valence-electron chi connectivity index (χ0n) is 16.1. The highest BCUT2D eigenvalue weighted by Crippen LogP contribution is 2.62. The van der Waals surface area contributed by atoms with E-state index in [1.54, 1.807) is 29.0 Å². The van der Waals surface area contributed by atoms with Gasteiger partial charge in [0.15, 0.2) is 11.6 Å². The molecule has 0 bridgehead atoms. The van der Waals surface area contributed by atoms with E-state index in [0.717, 1.165) is 6.20 Å². The molecule has 1 saturated heterocycles. The van der Waals surface area contributed by atoms with E-state index >= 15 is 0 Å². The van der Waals surface area contributed by atoms with Crippen molar-refractivity contribution >= 4 is 23.4 Å². The number of amides is 1. The Hall–Kier alpha value is -2.89. The van der Waals surface area contributed by atoms with Crippen molar-refractivity contribution in [2.24, 2.45) is 18.4 Å². The third-order valence-corrected chi connectivity index (χ3v) is 6.28. The zero-order chi connectivity index (χ0) is 21.3. The van der Waals surface area contributed by atoms with Crippen LogP contribution >= 0.6 is 0 Å². The van der Waals surface area contributed by atoms with E-state index in [2.05, 4.69) is 25.7 Å². The average Bonchev–Trinajstić information content (AvgIpc) is 3.38. The van der Waals surface area contributed by atoms with E-state index in [4.69, 9.17) is 0 Å². The van der Waals surface area contributed by atoms with Crippen molar-refractivity contribution in [1.82, 2.24) is 25.1 Å². The molecule has 3 N–H and O–H groups in total. The Balaban J connectivity index is 1.35. The van der Waals surface area contributed by atoms with Gasteiger partial charge in [0.25, 0.3) is 5.92 Å². The molecule has 3 fully saturated rings. The molecule has 2 aromatic rings. The number of aromatic nitrogens is 4. The summed E-state index contributed by atoms with van der Waals surface area (Å²) in [6.07, 6.45) is 4.29. The number of aliphatic hydroxyl groups is 1. The predicted octanol–water partition coefficient (Wildman–Crippen LogP) is 0.805. The second-order valence-corrected chi connectivity index (χ2v) is 8.45. The quantitative estimate of drug-likeness (QED) is 0.631. The number of aliphatic hydroxyl groups excluding tert-OH is 1. The molecule has 30 heavy (non-hydrogen) atoms. The molecule has 3 aliphatic rings.